The number of hydrogen-bond acceptors (Lipinski definition) is 3. The molecule has 0 spiro atoms. The number of para-hydroxylation sites is 1. The summed E-state index contributed by atoms with van der Waals surface area (Å²) in [5.41, 5.74) is 0.878. The summed E-state index contributed by atoms with van der Waals surface area (Å²) in [6.45, 7) is 7.64. The Hall–Kier alpha value is -1.84. The van der Waals surface area contributed by atoms with Gasteiger partial charge < -0.3 is 14.2 Å². The van der Waals surface area contributed by atoms with Gasteiger partial charge in [0.25, 0.3) is 0 Å². The second-order valence-electron chi connectivity index (χ2n) is 6.50. The lowest BCUT2D eigenvalue weighted by molar-refractivity contribution is -0.232. The van der Waals surface area contributed by atoms with E-state index >= 15 is 0 Å². The van der Waals surface area contributed by atoms with Crippen molar-refractivity contribution in [3.63, 3.8) is 0 Å². The summed E-state index contributed by atoms with van der Waals surface area (Å²) in [5.74, 6) is 0.948. The summed E-state index contributed by atoms with van der Waals surface area (Å²) >= 11 is 0. The minimum absolute atomic E-state index is 0.148. The molecular formula is C19H22O3. The Morgan fingerprint density at radius 3 is 1.91 bits per heavy atom. The molecule has 0 aliphatic carbocycles. The van der Waals surface area contributed by atoms with Gasteiger partial charge in [-0.2, -0.15) is 0 Å². The van der Waals surface area contributed by atoms with Crippen molar-refractivity contribution in [2.45, 2.75) is 26.6 Å². The lowest BCUT2D eigenvalue weighted by atomic mass is 9.81. The van der Waals surface area contributed by atoms with Crippen molar-refractivity contribution in [1.29, 1.82) is 0 Å². The quantitative estimate of drug-likeness (QED) is 0.820. The number of ether oxygens (including phenoxy) is 3. The fourth-order valence-corrected chi connectivity index (χ4v) is 2.81. The molecule has 0 unspecified atom stereocenters. The second-order valence-corrected chi connectivity index (χ2v) is 6.50. The first-order valence-electron chi connectivity index (χ1n) is 7.63. The van der Waals surface area contributed by atoms with E-state index in [0.717, 1.165) is 17.1 Å². The highest BCUT2D eigenvalue weighted by Gasteiger charge is 2.48. The van der Waals surface area contributed by atoms with Crippen LogP contribution in [0.4, 0.5) is 0 Å². The highest BCUT2D eigenvalue weighted by atomic mass is 16.7. The van der Waals surface area contributed by atoms with Crippen molar-refractivity contribution in [2.24, 2.45) is 5.41 Å². The Morgan fingerprint density at radius 1 is 0.818 bits per heavy atom. The largest absolute Gasteiger partial charge is 0.457 e. The first-order chi connectivity index (χ1) is 10.5. The standard InChI is InChI=1S/C19H22O3/c1-18(2,3)19(20-13-14-21-19)15-9-11-17(12-10-15)22-16-7-5-4-6-8-16/h4-12H,13-14H2,1-3H3. The molecule has 0 amide bonds. The van der Waals surface area contributed by atoms with Gasteiger partial charge in [0.1, 0.15) is 11.5 Å². The molecule has 1 heterocycles. The first kappa shape index (κ1) is 15.1. The van der Waals surface area contributed by atoms with E-state index in [0.29, 0.717) is 13.2 Å². The van der Waals surface area contributed by atoms with Crippen LogP contribution in [0.1, 0.15) is 26.3 Å². The molecule has 0 aromatic heterocycles. The van der Waals surface area contributed by atoms with Crippen LogP contribution < -0.4 is 4.74 Å². The zero-order valence-corrected chi connectivity index (χ0v) is 13.3. The lowest BCUT2D eigenvalue weighted by Gasteiger charge is -2.39. The predicted octanol–water partition coefficient (Wildman–Crippen LogP) is 4.72. The molecule has 3 nitrogen and oxygen atoms in total. The highest BCUT2D eigenvalue weighted by Crippen LogP contribution is 2.46. The van der Waals surface area contributed by atoms with Crippen molar-refractivity contribution >= 4 is 0 Å². The molecule has 3 rings (SSSR count). The Labute approximate surface area is 131 Å². The Kier molecular flexibility index (Phi) is 3.94. The van der Waals surface area contributed by atoms with Crippen molar-refractivity contribution < 1.29 is 14.2 Å². The molecule has 0 bridgehead atoms. The van der Waals surface area contributed by atoms with E-state index < -0.39 is 5.79 Å². The minimum atomic E-state index is -0.682. The summed E-state index contributed by atoms with van der Waals surface area (Å²) in [7, 11) is 0. The predicted molar refractivity (Wildman–Crippen MR) is 86.0 cm³/mol. The van der Waals surface area contributed by atoms with Crippen LogP contribution in [0.5, 0.6) is 11.5 Å². The molecule has 0 N–H and O–H groups in total. The zero-order chi connectivity index (χ0) is 15.6. The van der Waals surface area contributed by atoms with Gasteiger partial charge in [-0.05, 0) is 36.4 Å². The molecule has 22 heavy (non-hydrogen) atoms. The molecule has 1 saturated heterocycles. The molecular weight excluding hydrogens is 276 g/mol. The third-order valence-electron chi connectivity index (χ3n) is 3.89. The van der Waals surface area contributed by atoms with Crippen LogP contribution in [0.3, 0.4) is 0 Å². The van der Waals surface area contributed by atoms with Gasteiger partial charge in [0.15, 0.2) is 5.79 Å². The van der Waals surface area contributed by atoms with Gasteiger partial charge >= 0.3 is 0 Å². The molecule has 1 fully saturated rings. The van der Waals surface area contributed by atoms with Gasteiger partial charge in [-0.1, -0.05) is 39.0 Å². The third kappa shape index (κ3) is 2.74. The average Bonchev–Trinajstić information content (AvgIpc) is 3.00. The van der Waals surface area contributed by atoms with Crippen LogP contribution in [-0.2, 0) is 15.3 Å². The van der Waals surface area contributed by atoms with Crippen molar-refractivity contribution in [2.75, 3.05) is 13.2 Å². The smallest absolute Gasteiger partial charge is 0.199 e. The van der Waals surface area contributed by atoms with Crippen LogP contribution >= 0.6 is 0 Å². The Morgan fingerprint density at radius 2 is 1.36 bits per heavy atom. The van der Waals surface area contributed by atoms with E-state index in [9.17, 15) is 0 Å². The van der Waals surface area contributed by atoms with E-state index in [1.807, 2.05) is 54.6 Å². The van der Waals surface area contributed by atoms with Gasteiger partial charge in [0.2, 0.25) is 0 Å². The fourth-order valence-electron chi connectivity index (χ4n) is 2.81. The Balaban J connectivity index is 1.84. The molecule has 0 saturated carbocycles. The van der Waals surface area contributed by atoms with Crippen LogP contribution in [-0.4, -0.2) is 13.2 Å². The van der Waals surface area contributed by atoms with Gasteiger partial charge in [-0.3, -0.25) is 0 Å². The van der Waals surface area contributed by atoms with Crippen LogP contribution in [0.2, 0.25) is 0 Å². The first-order valence-corrected chi connectivity index (χ1v) is 7.63. The molecule has 1 aliphatic heterocycles. The highest BCUT2D eigenvalue weighted by molar-refractivity contribution is 5.35. The maximum absolute atomic E-state index is 5.99. The van der Waals surface area contributed by atoms with E-state index in [1.165, 1.54) is 0 Å². The maximum Gasteiger partial charge on any atom is 0.199 e. The molecule has 0 radical (unpaired) electrons. The molecule has 116 valence electrons. The fraction of sp³-hybridized carbons (Fsp3) is 0.368. The van der Waals surface area contributed by atoms with E-state index in [4.69, 9.17) is 14.2 Å². The van der Waals surface area contributed by atoms with Crippen LogP contribution in [0.15, 0.2) is 54.6 Å². The third-order valence-corrected chi connectivity index (χ3v) is 3.89. The zero-order valence-electron chi connectivity index (χ0n) is 13.3. The molecule has 3 heteroatoms. The minimum Gasteiger partial charge on any atom is -0.457 e. The van der Waals surface area contributed by atoms with E-state index in [-0.39, 0.29) is 5.41 Å². The molecule has 0 atom stereocenters. The van der Waals surface area contributed by atoms with Crippen LogP contribution in [0, 0.1) is 5.41 Å². The summed E-state index contributed by atoms with van der Waals surface area (Å²) in [4.78, 5) is 0. The number of benzene rings is 2. The van der Waals surface area contributed by atoms with Gasteiger partial charge in [-0.15, -0.1) is 0 Å². The van der Waals surface area contributed by atoms with Crippen molar-refractivity contribution in [3.05, 3.63) is 60.2 Å². The Bertz CT molecular complexity index is 605. The van der Waals surface area contributed by atoms with Gasteiger partial charge in [0.05, 0.1) is 13.2 Å². The SMILES string of the molecule is CC(C)(C)C1(c2ccc(Oc3ccccc3)cc2)OCCO1. The normalized spacial score (nSPS) is 17.4. The summed E-state index contributed by atoms with van der Waals surface area (Å²) < 4.78 is 17.8. The van der Waals surface area contributed by atoms with Crippen LogP contribution in [0.25, 0.3) is 0 Å². The monoisotopic (exact) mass is 298 g/mol. The number of hydrogen-bond donors (Lipinski definition) is 0. The van der Waals surface area contributed by atoms with E-state index in [2.05, 4.69) is 20.8 Å². The van der Waals surface area contributed by atoms with E-state index in [1.54, 1.807) is 0 Å². The molecule has 2 aromatic carbocycles. The van der Waals surface area contributed by atoms with Crippen molar-refractivity contribution in [3.8, 4) is 11.5 Å². The maximum atomic E-state index is 5.99. The summed E-state index contributed by atoms with van der Waals surface area (Å²) in [5, 5.41) is 0. The number of rotatable bonds is 3. The summed E-state index contributed by atoms with van der Waals surface area (Å²) in [6, 6.07) is 17.7. The second kappa shape index (κ2) is 5.75. The topological polar surface area (TPSA) is 27.7 Å². The molecule has 1 aliphatic rings. The van der Waals surface area contributed by atoms with Crippen molar-refractivity contribution in [1.82, 2.24) is 0 Å². The van der Waals surface area contributed by atoms with Gasteiger partial charge in [0, 0.05) is 11.0 Å². The lowest BCUT2D eigenvalue weighted by Crippen LogP contribution is -2.41. The average molecular weight is 298 g/mol. The molecule has 2 aromatic rings. The summed E-state index contributed by atoms with van der Waals surface area (Å²) in [6.07, 6.45) is 0. The van der Waals surface area contributed by atoms with Gasteiger partial charge in [-0.25, -0.2) is 0 Å².